The lowest BCUT2D eigenvalue weighted by molar-refractivity contribution is 0.295. The van der Waals surface area contributed by atoms with Gasteiger partial charge in [0.05, 0.1) is 0 Å². The Bertz CT molecular complexity index is 127. The molecule has 0 aromatic rings. The quantitative estimate of drug-likeness (QED) is 0.487. The van der Waals surface area contributed by atoms with Gasteiger partial charge < -0.3 is 10.5 Å². The van der Waals surface area contributed by atoms with Crippen molar-refractivity contribution in [2.24, 2.45) is 0 Å². The molecular formula is C7H17BN2. The molecule has 1 heterocycles. The monoisotopic (exact) mass is 140 g/mol. The van der Waals surface area contributed by atoms with Gasteiger partial charge in [-0.15, -0.1) is 0 Å². The maximum absolute atomic E-state index is 3.47. The summed E-state index contributed by atoms with van der Waals surface area (Å²) in [5.74, 6) is 0. The van der Waals surface area contributed by atoms with Crippen molar-refractivity contribution in [3.8, 4) is 0 Å². The highest BCUT2D eigenvalue weighted by atomic mass is 15.2. The highest BCUT2D eigenvalue weighted by Crippen LogP contribution is 2.25. The van der Waals surface area contributed by atoms with Gasteiger partial charge >= 0.3 is 6.98 Å². The van der Waals surface area contributed by atoms with Crippen molar-refractivity contribution < 1.29 is 0 Å². The summed E-state index contributed by atoms with van der Waals surface area (Å²) >= 11 is 0. The Hall–Kier alpha value is -0.0151. The van der Waals surface area contributed by atoms with Crippen molar-refractivity contribution in [2.45, 2.75) is 45.6 Å². The second-order valence-electron chi connectivity index (χ2n) is 4.26. The van der Waals surface area contributed by atoms with Gasteiger partial charge in [-0.2, -0.15) is 0 Å². The second kappa shape index (κ2) is 1.99. The fourth-order valence-electron chi connectivity index (χ4n) is 1.48. The molecule has 1 fully saturated rings. The third kappa shape index (κ3) is 1.08. The molecule has 1 aliphatic heterocycles. The number of hydrogen-bond donors (Lipinski definition) is 2. The predicted molar refractivity (Wildman–Crippen MR) is 46.0 cm³/mol. The van der Waals surface area contributed by atoms with Gasteiger partial charge in [0.2, 0.25) is 0 Å². The Morgan fingerprint density at radius 2 is 1.20 bits per heavy atom. The zero-order valence-corrected chi connectivity index (χ0v) is 7.58. The molecule has 58 valence electrons. The van der Waals surface area contributed by atoms with E-state index in [2.05, 4.69) is 45.0 Å². The van der Waals surface area contributed by atoms with E-state index >= 15 is 0 Å². The van der Waals surface area contributed by atoms with Crippen LogP contribution in [-0.2, 0) is 0 Å². The summed E-state index contributed by atoms with van der Waals surface area (Å²) in [7, 11) is 0. The maximum Gasteiger partial charge on any atom is 0.302 e. The molecular weight excluding hydrogens is 123 g/mol. The highest BCUT2D eigenvalue weighted by Gasteiger charge is 2.45. The van der Waals surface area contributed by atoms with Crippen LogP contribution in [-0.4, -0.2) is 18.1 Å². The normalized spacial score (nSPS) is 29.1. The van der Waals surface area contributed by atoms with Gasteiger partial charge in [-0.1, -0.05) is 6.82 Å². The van der Waals surface area contributed by atoms with Gasteiger partial charge in [0.25, 0.3) is 0 Å². The Morgan fingerprint density at radius 1 is 0.900 bits per heavy atom. The Morgan fingerprint density at radius 3 is 1.30 bits per heavy atom. The summed E-state index contributed by atoms with van der Waals surface area (Å²) in [6, 6.07) is 0. The van der Waals surface area contributed by atoms with Gasteiger partial charge in [-0.3, -0.25) is 0 Å². The SMILES string of the molecule is CB1NC(C)(C)C(C)(C)N1. The molecule has 0 bridgehead atoms. The molecule has 0 aliphatic carbocycles. The van der Waals surface area contributed by atoms with Crippen LogP contribution in [0.5, 0.6) is 0 Å². The summed E-state index contributed by atoms with van der Waals surface area (Å²) < 4.78 is 0. The van der Waals surface area contributed by atoms with Crippen molar-refractivity contribution >= 4 is 6.98 Å². The molecule has 0 radical (unpaired) electrons. The smallest absolute Gasteiger partial charge is 0.302 e. The molecule has 0 unspecified atom stereocenters. The Kier molecular flexibility index (Phi) is 1.61. The van der Waals surface area contributed by atoms with Crippen LogP contribution in [0.2, 0.25) is 6.82 Å². The number of nitrogens with one attached hydrogen (secondary N) is 2. The fraction of sp³-hybridized carbons (Fsp3) is 1.00. The topological polar surface area (TPSA) is 24.1 Å². The van der Waals surface area contributed by atoms with Crippen molar-refractivity contribution in [1.29, 1.82) is 0 Å². The van der Waals surface area contributed by atoms with Crippen LogP contribution in [0.4, 0.5) is 0 Å². The van der Waals surface area contributed by atoms with E-state index in [-0.39, 0.29) is 11.1 Å². The van der Waals surface area contributed by atoms with Crippen LogP contribution < -0.4 is 10.5 Å². The minimum atomic E-state index is 0.201. The molecule has 0 saturated carbocycles. The van der Waals surface area contributed by atoms with Gasteiger partial charge in [0.1, 0.15) is 0 Å². The van der Waals surface area contributed by atoms with Crippen LogP contribution in [0.3, 0.4) is 0 Å². The molecule has 2 N–H and O–H groups in total. The van der Waals surface area contributed by atoms with Crippen molar-refractivity contribution in [3.63, 3.8) is 0 Å². The van der Waals surface area contributed by atoms with E-state index in [4.69, 9.17) is 0 Å². The zero-order valence-electron chi connectivity index (χ0n) is 7.58. The van der Waals surface area contributed by atoms with Gasteiger partial charge in [-0.25, -0.2) is 0 Å². The molecule has 1 aliphatic rings. The molecule has 0 aromatic heterocycles. The molecule has 1 saturated heterocycles. The molecule has 3 heteroatoms. The molecule has 0 spiro atoms. The first-order valence-electron chi connectivity index (χ1n) is 3.90. The van der Waals surface area contributed by atoms with Crippen molar-refractivity contribution in [3.05, 3.63) is 0 Å². The van der Waals surface area contributed by atoms with Gasteiger partial charge in [0, 0.05) is 11.1 Å². The van der Waals surface area contributed by atoms with Crippen LogP contribution >= 0.6 is 0 Å². The van der Waals surface area contributed by atoms with E-state index in [1.165, 1.54) is 0 Å². The Labute approximate surface area is 63.9 Å². The van der Waals surface area contributed by atoms with E-state index < -0.39 is 0 Å². The van der Waals surface area contributed by atoms with Crippen LogP contribution in [0.1, 0.15) is 27.7 Å². The van der Waals surface area contributed by atoms with Crippen LogP contribution in [0.25, 0.3) is 0 Å². The lowest BCUT2D eigenvalue weighted by atomic mass is 9.82. The maximum atomic E-state index is 3.47. The van der Waals surface area contributed by atoms with Crippen molar-refractivity contribution in [2.75, 3.05) is 0 Å². The standard InChI is InChI=1S/C7H17BN2/c1-6(2)7(3,4)10-8(5)9-6/h9-10H,1-5H3. The highest BCUT2D eigenvalue weighted by molar-refractivity contribution is 6.53. The fourth-order valence-corrected chi connectivity index (χ4v) is 1.48. The van der Waals surface area contributed by atoms with E-state index in [0.717, 1.165) is 0 Å². The molecule has 1 rings (SSSR count). The summed E-state index contributed by atoms with van der Waals surface area (Å²) in [6.45, 7) is 11.5. The summed E-state index contributed by atoms with van der Waals surface area (Å²) in [6.07, 6.45) is 0. The Balaban J connectivity index is 2.78. The summed E-state index contributed by atoms with van der Waals surface area (Å²) in [5.41, 5.74) is 0.402. The van der Waals surface area contributed by atoms with Gasteiger partial charge in [-0.05, 0) is 27.7 Å². The first kappa shape index (κ1) is 8.09. The predicted octanol–water partition coefficient (Wildman–Crippen LogP) is 0.854. The van der Waals surface area contributed by atoms with Crippen LogP contribution in [0.15, 0.2) is 0 Å². The van der Waals surface area contributed by atoms with Crippen LogP contribution in [0, 0.1) is 0 Å². The van der Waals surface area contributed by atoms with E-state index in [1.807, 2.05) is 0 Å². The zero-order chi connectivity index (χ0) is 7.99. The third-order valence-corrected chi connectivity index (χ3v) is 2.72. The van der Waals surface area contributed by atoms with E-state index in [0.29, 0.717) is 6.98 Å². The third-order valence-electron chi connectivity index (χ3n) is 2.72. The summed E-state index contributed by atoms with van der Waals surface area (Å²) in [4.78, 5) is 0. The first-order valence-corrected chi connectivity index (χ1v) is 3.90. The molecule has 0 amide bonds. The molecule has 0 atom stereocenters. The molecule has 0 aromatic carbocycles. The van der Waals surface area contributed by atoms with E-state index in [9.17, 15) is 0 Å². The molecule has 10 heavy (non-hydrogen) atoms. The lowest BCUT2D eigenvalue weighted by Gasteiger charge is -2.35. The minimum absolute atomic E-state index is 0.201. The van der Waals surface area contributed by atoms with Gasteiger partial charge in [0.15, 0.2) is 0 Å². The largest absolute Gasteiger partial charge is 0.336 e. The second-order valence-corrected chi connectivity index (χ2v) is 4.26. The average molecular weight is 140 g/mol. The minimum Gasteiger partial charge on any atom is -0.336 e. The number of rotatable bonds is 0. The summed E-state index contributed by atoms with van der Waals surface area (Å²) in [5, 5.41) is 6.94. The lowest BCUT2D eigenvalue weighted by Crippen LogP contribution is -2.51. The van der Waals surface area contributed by atoms with Crippen molar-refractivity contribution in [1.82, 2.24) is 10.5 Å². The molecule has 2 nitrogen and oxygen atoms in total. The average Bonchev–Trinajstić information content (AvgIpc) is 1.73. The van der Waals surface area contributed by atoms with E-state index in [1.54, 1.807) is 0 Å². The number of hydrogen-bond acceptors (Lipinski definition) is 2. The first-order chi connectivity index (χ1) is 4.35.